The van der Waals surface area contributed by atoms with Crippen LogP contribution in [0, 0.1) is 0 Å². The molecule has 0 bridgehead atoms. The van der Waals surface area contributed by atoms with Gasteiger partial charge < -0.3 is 5.73 Å². The van der Waals surface area contributed by atoms with E-state index in [9.17, 15) is 0 Å². The van der Waals surface area contributed by atoms with Gasteiger partial charge in [0.25, 0.3) is 0 Å². The molecule has 6 heteroatoms. The van der Waals surface area contributed by atoms with Gasteiger partial charge in [0.1, 0.15) is 16.2 Å². The molecular weight excluding hydrogens is 258 g/mol. The molecule has 2 aromatic rings. The topological polar surface area (TPSA) is 69.6 Å². The molecule has 0 aliphatic carbocycles. The Hall–Kier alpha value is -1.43. The molecule has 5 nitrogen and oxygen atoms in total. The van der Waals surface area contributed by atoms with Gasteiger partial charge in [0.05, 0.1) is 0 Å². The fourth-order valence-electron chi connectivity index (χ4n) is 1.31. The van der Waals surface area contributed by atoms with Gasteiger partial charge in [0.15, 0.2) is 0 Å². The maximum Gasteiger partial charge on any atom is 0.238 e. The lowest BCUT2D eigenvalue weighted by atomic mass is 10.4. The highest BCUT2D eigenvalue weighted by atomic mass is 79.9. The van der Waals surface area contributed by atoms with E-state index in [-0.39, 0.29) is 0 Å². The van der Waals surface area contributed by atoms with Gasteiger partial charge in [-0.2, -0.15) is 4.98 Å². The molecule has 0 unspecified atom stereocenters. The second-order valence-electron chi connectivity index (χ2n) is 2.98. The van der Waals surface area contributed by atoms with Gasteiger partial charge in [0.2, 0.25) is 5.95 Å². The van der Waals surface area contributed by atoms with Crippen LogP contribution < -0.4 is 5.73 Å². The summed E-state index contributed by atoms with van der Waals surface area (Å²) in [6.45, 7) is 2.03. The van der Waals surface area contributed by atoms with Crippen molar-refractivity contribution in [2.24, 2.45) is 0 Å². The zero-order chi connectivity index (χ0) is 10.8. The lowest BCUT2D eigenvalue weighted by Gasteiger charge is -2.05. The van der Waals surface area contributed by atoms with Crippen LogP contribution in [0.5, 0.6) is 0 Å². The number of nitrogens with zero attached hydrogens (tertiary/aromatic N) is 4. The summed E-state index contributed by atoms with van der Waals surface area (Å²) in [5.41, 5.74) is 5.64. The summed E-state index contributed by atoms with van der Waals surface area (Å²) in [5, 5.41) is 0. The summed E-state index contributed by atoms with van der Waals surface area (Å²) < 4.78 is 2.49. The fraction of sp³-hybridized carbons (Fsp3) is 0.222. The van der Waals surface area contributed by atoms with Crippen LogP contribution in [0.25, 0.3) is 5.95 Å². The highest BCUT2D eigenvalue weighted by Gasteiger charge is 2.07. The quantitative estimate of drug-likeness (QED) is 0.839. The second-order valence-corrected chi connectivity index (χ2v) is 3.80. The largest absolute Gasteiger partial charge is 0.383 e. The molecule has 0 atom stereocenters. The van der Waals surface area contributed by atoms with Crippen LogP contribution in [-0.2, 0) is 6.42 Å². The summed E-state index contributed by atoms with van der Waals surface area (Å²) in [6.07, 6.45) is 4.36. The SMILES string of the molecule is CCc1nccn1-c1nc(N)cc(Br)n1. The van der Waals surface area contributed by atoms with E-state index in [1.54, 1.807) is 12.3 Å². The van der Waals surface area contributed by atoms with Gasteiger partial charge in [-0.1, -0.05) is 6.92 Å². The number of nitrogen functional groups attached to an aromatic ring is 1. The van der Waals surface area contributed by atoms with Crippen molar-refractivity contribution in [1.29, 1.82) is 0 Å². The van der Waals surface area contributed by atoms with E-state index in [1.165, 1.54) is 0 Å². The van der Waals surface area contributed by atoms with E-state index < -0.39 is 0 Å². The highest BCUT2D eigenvalue weighted by Crippen LogP contribution is 2.13. The molecule has 0 saturated carbocycles. The predicted octanol–water partition coefficient (Wildman–Crippen LogP) is 1.57. The number of hydrogen-bond donors (Lipinski definition) is 1. The first kappa shape index (κ1) is 10.1. The summed E-state index contributed by atoms with van der Waals surface area (Å²) in [4.78, 5) is 12.6. The third-order valence-corrected chi connectivity index (χ3v) is 2.36. The number of nitrogens with two attached hydrogens (primary N) is 1. The van der Waals surface area contributed by atoms with Crippen LogP contribution in [-0.4, -0.2) is 19.5 Å². The number of hydrogen-bond acceptors (Lipinski definition) is 4. The zero-order valence-electron chi connectivity index (χ0n) is 8.18. The van der Waals surface area contributed by atoms with E-state index in [0.717, 1.165) is 12.2 Å². The summed E-state index contributed by atoms with van der Waals surface area (Å²) >= 11 is 3.28. The van der Waals surface area contributed by atoms with Crippen LogP contribution in [0.4, 0.5) is 5.82 Å². The second kappa shape index (κ2) is 3.98. The van der Waals surface area contributed by atoms with Gasteiger partial charge >= 0.3 is 0 Å². The van der Waals surface area contributed by atoms with Crippen molar-refractivity contribution in [3.8, 4) is 5.95 Å². The molecule has 0 fully saturated rings. The Bertz CT molecular complexity index is 459. The van der Waals surface area contributed by atoms with Crippen LogP contribution in [0.15, 0.2) is 23.1 Å². The molecule has 0 radical (unpaired) electrons. The Balaban J connectivity index is 2.53. The van der Waals surface area contributed by atoms with Crippen molar-refractivity contribution in [3.63, 3.8) is 0 Å². The lowest BCUT2D eigenvalue weighted by molar-refractivity contribution is 0.834. The maximum atomic E-state index is 5.64. The molecule has 2 aromatic heterocycles. The van der Waals surface area contributed by atoms with Crippen LogP contribution in [0.3, 0.4) is 0 Å². The molecule has 0 saturated heterocycles. The van der Waals surface area contributed by atoms with Gasteiger partial charge in [-0.25, -0.2) is 9.97 Å². The third-order valence-electron chi connectivity index (χ3n) is 1.95. The summed E-state index contributed by atoms with van der Waals surface area (Å²) in [6, 6.07) is 1.66. The molecule has 0 spiro atoms. The van der Waals surface area contributed by atoms with Crippen LogP contribution in [0.2, 0.25) is 0 Å². The Morgan fingerprint density at radius 2 is 2.27 bits per heavy atom. The molecule has 2 heterocycles. The van der Waals surface area contributed by atoms with E-state index in [1.807, 2.05) is 17.7 Å². The fourth-order valence-corrected chi connectivity index (χ4v) is 1.70. The smallest absolute Gasteiger partial charge is 0.238 e. The maximum absolute atomic E-state index is 5.64. The first-order valence-electron chi connectivity index (χ1n) is 4.53. The van der Waals surface area contributed by atoms with E-state index in [0.29, 0.717) is 16.4 Å². The van der Waals surface area contributed by atoms with Gasteiger partial charge in [0, 0.05) is 24.9 Å². The molecule has 0 amide bonds. The van der Waals surface area contributed by atoms with Crippen molar-refractivity contribution in [3.05, 3.63) is 28.9 Å². The zero-order valence-corrected chi connectivity index (χ0v) is 9.77. The molecule has 0 aromatic carbocycles. The molecule has 0 aliphatic heterocycles. The Morgan fingerprint density at radius 1 is 1.47 bits per heavy atom. The van der Waals surface area contributed by atoms with Crippen molar-refractivity contribution in [2.45, 2.75) is 13.3 Å². The normalized spacial score (nSPS) is 10.5. The molecule has 2 N–H and O–H groups in total. The average Bonchev–Trinajstić information content (AvgIpc) is 2.63. The lowest BCUT2D eigenvalue weighted by Crippen LogP contribution is -2.06. The number of aryl methyl sites for hydroxylation is 1. The Morgan fingerprint density at radius 3 is 2.93 bits per heavy atom. The number of imidazole rings is 1. The Kier molecular flexibility index (Phi) is 2.68. The predicted molar refractivity (Wildman–Crippen MR) is 60.6 cm³/mol. The van der Waals surface area contributed by atoms with E-state index in [2.05, 4.69) is 30.9 Å². The minimum atomic E-state index is 0.433. The standard InChI is InChI=1S/C9H10BrN5/c1-2-8-12-3-4-15(8)9-13-6(10)5-7(11)14-9/h3-5H,2H2,1H3,(H2,11,13,14). The van der Waals surface area contributed by atoms with Crippen LogP contribution >= 0.6 is 15.9 Å². The van der Waals surface area contributed by atoms with E-state index >= 15 is 0 Å². The molecule has 15 heavy (non-hydrogen) atoms. The molecular formula is C9H10BrN5. The molecule has 2 rings (SSSR count). The highest BCUT2D eigenvalue weighted by molar-refractivity contribution is 9.10. The third kappa shape index (κ3) is 1.99. The van der Waals surface area contributed by atoms with Gasteiger partial charge in [-0.15, -0.1) is 0 Å². The number of halogens is 1. The van der Waals surface area contributed by atoms with Crippen LogP contribution in [0.1, 0.15) is 12.7 Å². The van der Waals surface area contributed by atoms with Crippen molar-refractivity contribution >= 4 is 21.7 Å². The minimum Gasteiger partial charge on any atom is -0.383 e. The van der Waals surface area contributed by atoms with Crippen molar-refractivity contribution in [2.75, 3.05) is 5.73 Å². The summed E-state index contributed by atoms with van der Waals surface area (Å²) in [7, 11) is 0. The van der Waals surface area contributed by atoms with Gasteiger partial charge in [-0.3, -0.25) is 4.57 Å². The van der Waals surface area contributed by atoms with Crippen molar-refractivity contribution in [1.82, 2.24) is 19.5 Å². The van der Waals surface area contributed by atoms with Crippen molar-refractivity contribution < 1.29 is 0 Å². The first-order valence-corrected chi connectivity index (χ1v) is 5.32. The first-order chi connectivity index (χ1) is 7.20. The monoisotopic (exact) mass is 267 g/mol. The number of rotatable bonds is 2. The van der Waals surface area contributed by atoms with Gasteiger partial charge in [-0.05, 0) is 15.9 Å². The Labute approximate surface area is 95.5 Å². The number of anilines is 1. The molecule has 0 aliphatic rings. The average molecular weight is 268 g/mol. The van der Waals surface area contributed by atoms with E-state index in [4.69, 9.17) is 5.73 Å². The number of aromatic nitrogens is 4. The molecule has 78 valence electrons. The summed E-state index contributed by atoms with van der Waals surface area (Å²) in [5.74, 6) is 1.88. The minimum absolute atomic E-state index is 0.433.